The van der Waals surface area contributed by atoms with E-state index >= 15 is 0 Å². The van der Waals surface area contributed by atoms with Gasteiger partial charge in [-0.2, -0.15) is 5.26 Å². The number of carbonyl (C=O) groups is 2. The van der Waals surface area contributed by atoms with E-state index in [1.165, 1.54) is 12.0 Å². The molecule has 1 amide bonds. The van der Waals surface area contributed by atoms with Crippen molar-refractivity contribution in [3.05, 3.63) is 76.1 Å². The molecule has 9 nitrogen and oxygen atoms in total. The number of nitrogens with zero attached hydrogens (tertiary/aromatic N) is 3. The number of nitrogens with two attached hydrogens (primary N) is 1. The molecular formula is C23H16ClN5O4. The number of methoxy groups -OCH3 is 1. The summed E-state index contributed by atoms with van der Waals surface area (Å²) >= 11 is 6.05. The Morgan fingerprint density at radius 2 is 2.03 bits per heavy atom. The van der Waals surface area contributed by atoms with E-state index in [0.29, 0.717) is 33.1 Å². The number of carbonyl (C=O) groups excluding carboxylic acids is 2. The number of hydrogen-bond acceptors (Lipinski definition) is 7. The topological polar surface area (TPSA) is 134 Å². The van der Waals surface area contributed by atoms with Gasteiger partial charge in [0.05, 0.1) is 18.4 Å². The number of nitrogens with one attached hydrogen (secondary N) is 1. The van der Waals surface area contributed by atoms with Crippen molar-refractivity contribution in [2.45, 2.75) is 5.41 Å². The van der Waals surface area contributed by atoms with Crippen LogP contribution >= 0.6 is 11.6 Å². The molecule has 5 rings (SSSR count). The van der Waals surface area contributed by atoms with Gasteiger partial charge in [0, 0.05) is 21.8 Å². The Labute approximate surface area is 193 Å². The smallest absolute Gasteiger partial charge is 0.325 e. The first-order valence-corrected chi connectivity index (χ1v) is 10.2. The quantitative estimate of drug-likeness (QED) is 0.572. The number of H-pyrrole nitrogens is 1. The highest BCUT2D eigenvalue weighted by atomic mass is 35.5. The summed E-state index contributed by atoms with van der Waals surface area (Å²) in [7, 11) is 1.24. The molecular weight excluding hydrogens is 446 g/mol. The molecule has 10 heteroatoms. The highest BCUT2D eigenvalue weighted by Crippen LogP contribution is 2.56. The van der Waals surface area contributed by atoms with Crippen LogP contribution < -0.4 is 15.4 Å². The summed E-state index contributed by atoms with van der Waals surface area (Å²) in [6, 6.07) is 15.9. The predicted octanol–water partition coefficient (Wildman–Crippen LogP) is 2.62. The third kappa shape index (κ3) is 2.74. The van der Waals surface area contributed by atoms with Crippen LogP contribution in [-0.4, -0.2) is 35.7 Å². The lowest BCUT2D eigenvalue weighted by atomic mass is 9.68. The average Bonchev–Trinajstić information content (AvgIpc) is 3.34. The zero-order valence-electron chi connectivity index (χ0n) is 17.3. The Hall–Kier alpha value is -4.29. The molecule has 2 aliphatic heterocycles. The third-order valence-electron chi connectivity index (χ3n) is 5.86. The molecule has 0 saturated carbocycles. The van der Waals surface area contributed by atoms with Gasteiger partial charge in [-0.1, -0.05) is 41.9 Å². The fourth-order valence-electron chi connectivity index (χ4n) is 4.46. The van der Waals surface area contributed by atoms with E-state index in [9.17, 15) is 14.9 Å². The van der Waals surface area contributed by atoms with Crippen LogP contribution in [0, 0.1) is 11.3 Å². The van der Waals surface area contributed by atoms with Crippen LogP contribution in [0.15, 0.2) is 60.0 Å². The molecule has 164 valence electrons. The number of benzene rings is 2. The number of anilines is 1. The van der Waals surface area contributed by atoms with Crippen molar-refractivity contribution in [2.75, 3.05) is 18.6 Å². The molecule has 0 radical (unpaired) electrons. The molecule has 33 heavy (non-hydrogen) atoms. The molecule has 3 aromatic rings. The van der Waals surface area contributed by atoms with Crippen molar-refractivity contribution in [1.29, 1.82) is 5.26 Å². The number of aromatic nitrogens is 2. The zero-order valence-corrected chi connectivity index (χ0v) is 18.0. The molecule has 0 unspecified atom stereocenters. The van der Waals surface area contributed by atoms with E-state index in [1.807, 2.05) is 0 Å². The van der Waals surface area contributed by atoms with E-state index in [-0.39, 0.29) is 23.9 Å². The van der Waals surface area contributed by atoms with Crippen LogP contribution in [0.3, 0.4) is 0 Å². The molecule has 2 aromatic carbocycles. The van der Waals surface area contributed by atoms with Crippen molar-refractivity contribution in [2.24, 2.45) is 5.73 Å². The van der Waals surface area contributed by atoms with E-state index in [4.69, 9.17) is 26.8 Å². The van der Waals surface area contributed by atoms with Gasteiger partial charge in [0.15, 0.2) is 0 Å². The zero-order chi connectivity index (χ0) is 23.3. The lowest BCUT2D eigenvalue weighted by Gasteiger charge is -2.32. The number of amides is 1. The minimum atomic E-state index is -1.67. The van der Waals surface area contributed by atoms with Gasteiger partial charge >= 0.3 is 5.97 Å². The lowest BCUT2D eigenvalue weighted by Crippen LogP contribution is -2.47. The number of nitriles is 1. The van der Waals surface area contributed by atoms with E-state index in [2.05, 4.69) is 16.3 Å². The second-order valence-corrected chi connectivity index (χ2v) is 7.91. The molecule has 0 bridgehead atoms. The highest BCUT2D eigenvalue weighted by molar-refractivity contribution is 6.30. The maximum Gasteiger partial charge on any atom is 0.325 e. The first kappa shape index (κ1) is 20.6. The van der Waals surface area contributed by atoms with Gasteiger partial charge in [-0.15, -0.1) is 5.10 Å². The summed E-state index contributed by atoms with van der Waals surface area (Å²) < 4.78 is 10.4. The minimum absolute atomic E-state index is 0.0690. The highest BCUT2D eigenvalue weighted by Gasteiger charge is 2.61. The summed E-state index contributed by atoms with van der Waals surface area (Å²) in [6.07, 6.45) is 0. The van der Waals surface area contributed by atoms with Crippen LogP contribution in [0.2, 0.25) is 5.02 Å². The molecule has 0 saturated heterocycles. The number of esters is 1. The van der Waals surface area contributed by atoms with E-state index in [1.54, 1.807) is 48.5 Å². The molecule has 0 aliphatic carbocycles. The van der Waals surface area contributed by atoms with Gasteiger partial charge in [0.2, 0.25) is 17.7 Å². The first-order chi connectivity index (χ1) is 15.9. The largest absolute Gasteiger partial charge is 0.468 e. The SMILES string of the molecule is COC(=O)CN1C(=O)[C@@]2(C(C#N)=C(N)Oc3n[nH]c(-c4ccc(Cl)cc4)c32)c2ccccc21. The molecule has 2 aliphatic rings. The molecule has 0 fully saturated rings. The number of para-hydroxylation sites is 1. The lowest BCUT2D eigenvalue weighted by molar-refractivity contribution is -0.140. The maximum absolute atomic E-state index is 14.2. The van der Waals surface area contributed by atoms with Gasteiger partial charge in [-0.3, -0.25) is 19.6 Å². The van der Waals surface area contributed by atoms with E-state index in [0.717, 1.165) is 0 Å². The number of fused-ring (bicyclic) bond motifs is 4. The summed E-state index contributed by atoms with van der Waals surface area (Å²) in [5.74, 6) is -1.31. The molecule has 3 heterocycles. The van der Waals surface area contributed by atoms with Gasteiger partial charge in [-0.25, -0.2) is 0 Å². The molecule has 1 aromatic heterocycles. The average molecular weight is 462 g/mol. The monoisotopic (exact) mass is 461 g/mol. The number of ether oxygens (including phenoxy) is 2. The minimum Gasteiger partial charge on any atom is -0.468 e. The number of halogens is 1. The molecule has 1 atom stereocenters. The van der Waals surface area contributed by atoms with Crippen molar-refractivity contribution in [3.63, 3.8) is 0 Å². The predicted molar refractivity (Wildman–Crippen MR) is 118 cm³/mol. The standard InChI is InChI=1S/C23H16ClN5O4/c1-32-17(30)11-29-16-5-3-2-4-14(16)23(22(29)31)15(10-25)20(26)33-21-18(23)19(27-28-21)12-6-8-13(24)9-7-12/h2-9H,11,26H2,1H3,(H,27,28)/t23-/m1/s1. The van der Waals surface area contributed by atoms with Crippen molar-refractivity contribution in [1.82, 2.24) is 10.2 Å². The van der Waals surface area contributed by atoms with Crippen LogP contribution in [0.25, 0.3) is 11.3 Å². The number of hydrogen-bond donors (Lipinski definition) is 2. The number of rotatable bonds is 3. The fraction of sp³-hybridized carbons (Fsp3) is 0.130. The fourth-order valence-corrected chi connectivity index (χ4v) is 4.59. The summed E-state index contributed by atoms with van der Waals surface area (Å²) in [5, 5.41) is 17.8. The second-order valence-electron chi connectivity index (χ2n) is 7.47. The van der Waals surface area contributed by atoms with Gasteiger partial charge in [-0.05, 0) is 18.2 Å². The Balaban J connectivity index is 1.85. The molecule has 1 spiro atoms. The van der Waals surface area contributed by atoms with Crippen molar-refractivity contribution < 1.29 is 19.1 Å². The van der Waals surface area contributed by atoms with Gasteiger partial charge in [0.1, 0.15) is 23.6 Å². The third-order valence-corrected chi connectivity index (χ3v) is 6.11. The van der Waals surface area contributed by atoms with Crippen LogP contribution in [0.4, 0.5) is 5.69 Å². The van der Waals surface area contributed by atoms with Crippen molar-refractivity contribution >= 4 is 29.2 Å². The normalized spacial score (nSPS) is 18.6. The first-order valence-electron chi connectivity index (χ1n) is 9.84. The Bertz CT molecular complexity index is 1390. The summed E-state index contributed by atoms with van der Waals surface area (Å²) in [5.41, 5.74) is 6.78. The maximum atomic E-state index is 14.2. The second kappa shape index (κ2) is 7.39. The Morgan fingerprint density at radius 1 is 1.30 bits per heavy atom. The van der Waals surface area contributed by atoms with Crippen LogP contribution in [-0.2, 0) is 19.7 Å². The number of aromatic amines is 1. The van der Waals surface area contributed by atoms with E-state index < -0.39 is 17.3 Å². The summed E-state index contributed by atoms with van der Waals surface area (Å²) in [4.78, 5) is 27.6. The Kier molecular flexibility index (Phi) is 4.62. The van der Waals surface area contributed by atoms with Crippen LogP contribution in [0.5, 0.6) is 5.88 Å². The van der Waals surface area contributed by atoms with Crippen molar-refractivity contribution in [3.8, 4) is 23.2 Å². The Morgan fingerprint density at radius 3 is 2.73 bits per heavy atom. The van der Waals surface area contributed by atoms with Gasteiger partial charge < -0.3 is 15.2 Å². The summed E-state index contributed by atoms with van der Waals surface area (Å²) in [6.45, 7) is -0.336. The molecule has 3 N–H and O–H groups in total. The van der Waals surface area contributed by atoms with Gasteiger partial charge in [0.25, 0.3) is 0 Å². The van der Waals surface area contributed by atoms with Crippen LogP contribution in [0.1, 0.15) is 11.1 Å².